The summed E-state index contributed by atoms with van der Waals surface area (Å²) in [5.41, 5.74) is 2.42. The highest BCUT2D eigenvalue weighted by molar-refractivity contribution is 7.80. The molecular weight excluding hydrogens is 542 g/mol. The molecule has 9 N–H and O–H groups in total. The minimum Gasteiger partial charge on any atom is -0.355 e. The lowest BCUT2D eigenvalue weighted by molar-refractivity contribution is 0.378. The lowest BCUT2D eigenvalue weighted by Crippen LogP contribution is -1.89. The molecule has 1 heterocycles. The highest BCUT2D eigenvalue weighted by Crippen LogP contribution is 2.24. The summed E-state index contributed by atoms with van der Waals surface area (Å²) < 4.78 is 126. The normalized spacial score (nSPS) is 11.4. The molecule has 0 amide bonds. The van der Waals surface area contributed by atoms with Gasteiger partial charge in [-0.1, -0.05) is 36.4 Å². The third-order valence-corrected chi connectivity index (χ3v) is 2.41. The van der Waals surface area contributed by atoms with E-state index in [9.17, 15) is 0 Å². The van der Waals surface area contributed by atoms with E-state index < -0.39 is 41.6 Å². The Labute approximate surface area is 187 Å². The molecule has 0 saturated heterocycles. The molecule has 2 aromatic carbocycles. The molecule has 3 aromatic rings. The van der Waals surface area contributed by atoms with E-state index in [1.54, 1.807) is 0 Å². The standard InChI is InChI=1S/C12H9N.4H2O4S/c1-3-7-11-9(5-1)10-6-2-4-8-12(10)13-11;4*1-5(2,3)4/h1-8,13H;4*(H2,1,2,3,4). The third kappa shape index (κ3) is 29.7. The van der Waals surface area contributed by atoms with Crippen molar-refractivity contribution in [3.05, 3.63) is 48.5 Å². The van der Waals surface area contributed by atoms with Crippen LogP contribution >= 0.6 is 0 Å². The Morgan fingerprint density at radius 2 is 0.606 bits per heavy atom. The van der Waals surface area contributed by atoms with Crippen LogP contribution in [-0.2, 0) is 41.6 Å². The lowest BCUT2D eigenvalue weighted by atomic mass is 10.2. The first-order chi connectivity index (χ1) is 14.4. The molecule has 0 aliphatic rings. The van der Waals surface area contributed by atoms with Gasteiger partial charge in [0.15, 0.2) is 0 Å². The van der Waals surface area contributed by atoms with E-state index in [2.05, 4.69) is 53.5 Å². The maximum Gasteiger partial charge on any atom is 0.394 e. The van der Waals surface area contributed by atoms with Gasteiger partial charge in [0.2, 0.25) is 0 Å². The molecule has 0 fully saturated rings. The number of hydrogen-bond acceptors (Lipinski definition) is 8. The summed E-state index contributed by atoms with van der Waals surface area (Å²) in [4.78, 5) is 3.38. The number of aromatic amines is 1. The van der Waals surface area contributed by atoms with Crippen LogP contribution in [0.15, 0.2) is 48.5 Å². The van der Waals surface area contributed by atoms with Crippen molar-refractivity contribution < 1.29 is 70.1 Å². The first kappa shape index (κ1) is 32.9. The molecule has 0 aliphatic carbocycles. The summed E-state index contributed by atoms with van der Waals surface area (Å²) in [5.74, 6) is 0. The first-order valence-corrected chi connectivity index (χ1v) is 12.8. The fourth-order valence-corrected chi connectivity index (χ4v) is 1.80. The van der Waals surface area contributed by atoms with Crippen molar-refractivity contribution in [2.75, 3.05) is 0 Å². The zero-order chi connectivity index (χ0) is 26.7. The Balaban J connectivity index is 0. The number of benzene rings is 2. The van der Waals surface area contributed by atoms with E-state index in [1.165, 1.54) is 21.8 Å². The van der Waals surface area contributed by atoms with E-state index in [-0.39, 0.29) is 0 Å². The van der Waals surface area contributed by atoms with E-state index in [0.29, 0.717) is 0 Å². The molecule has 3 rings (SSSR count). The molecule has 0 saturated carbocycles. The highest BCUT2D eigenvalue weighted by Gasteiger charge is 2.00. The van der Waals surface area contributed by atoms with E-state index in [0.717, 1.165) is 0 Å². The van der Waals surface area contributed by atoms with Gasteiger partial charge in [-0.2, -0.15) is 33.7 Å². The molecule has 0 unspecified atom stereocenters. The van der Waals surface area contributed by atoms with Crippen LogP contribution in [0, 0.1) is 0 Å². The summed E-state index contributed by atoms with van der Waals surface area (Å²) in [6, 6.07) is 16.8. The average molecular weight is 560 g/mol. The molecule has 0 aliphatic heterocycles. The number of rotatable bonds is 0. The SMILES string of the molecule is O=S(=O)(O)O.O=S(=O)(O)O.O=S(=O)(O)O.O=S(=O)(O)O.c1ccc2c(c1)[nH]c1ccccc12. The molecular formula is C12H17NO16S4. The minimum atomic E-state index is -4.67. The molecule has 0 atom stereocenters. The topological polar surface area (TPSA) is 314 Å². The maximum atomic E-state index is 8.74. The van der Waals surface area contributed by atoms with Crippen molar-refractivity contribution in [2.24, 2.45) is 0 Å². The van der Waals surface area contributed by atoms with Gasteiger partial charge in [0.05, 0.1) is 0 Å². The minimum absolute atomic E-state index is 1.21. The Bertz CT molecular complexity index is 1240. The van der Waals surface area contributed by atoms with Crippen molar-refractivity contribution in [3.63, 3.8) is 0 Å². The average Bonchev–Trinajstić information content (AvgIpc) is 2.87. The number of H-pyrrole nitrogens is 1. The Kier molecular flexibility index (Phi) is 13.4. The van der Waals surface area contributed by atoms with Crippen molar-refractivity contribution in [2.45, 2.75) is 0 Å². The predicted molar refractivity (Wildman–Crippen MR) is 113 cm³/mol. The summed E-state index contributed by atoms with van der Waals surface area (Å²) in [5, 5.41) is 2.61. The van der Waals surface area contributed by atoms with Crippen molar-refractivity contribution in [3.8, 4) is 0 Å². The van der Waals surface area contributed by atoms with Crippen molar-refractivity contribution >= 4 is 63.4 Å². The molecule has 17 nitrogen and oxygen atoms in total. The van der Waals surface area contributed by atoms with Crippen LogP contribution in [0.5, 0.6) is 0 Å². The summed E-state index contributed by atoms with van der Waals surface area (Å²) in [6.07, 6.45) is 0. The lowest BCUT2D eigenvalue weighted by Gasteiger charge is -1.87. The fourth-order valence-electron chi connectivity index (χ4n) is 1.80. The monoisotopic (exact) mass is 559 g/mol. The predicted octanol–water partition coefficient (Wildman–Crippen LogP) is 0.710. The van der Waals surface area contributed by atoms with Crippen molar-refractivity contribution in [1.82, 2.24) is 4.98 Å². The Hall–Kier alpha value is -2.28. The quantitative estimate of drug-likeness (QED) is 0.171. The Morgan fingerprint density at radius 1 is 0.424 bits per heavy atom. The smallest absolute Gasteiger partial charge is 0.355 e. The van der Waals surface area contributed by atoms with Gasteiger partial charge in [-0.25, -0.2) is 0 Å². The van der Waals surface area contributed by atoms with Gasteiger partial charge in [0.1, 0.15) is 0 Å². The van der Waals surface area contributed by atoms with Crippen LogP contribution in [0.3, 0.4) is 0 Å². The summed E-state index contributed by atoms with van der Waals surface area (Å²) >= 11 is 0. The number of fused-ring (bicyclic) bond motifs is 3. The van der Waals surface area contributed by atoms with E-state index in [1.807, 2.05) is 0 Å². The molecule has 0 spiro atoms. The number of aromatic nitrogens is 1. The van der Waals surface area contributed by atoms with Crippen LogP contribution in [0.2, 0.25) is 0 Å². The highest BCUT2D eigenvalue weighted by atomic mass is 32.3. The number of para-hydroxylation sites is 2. The largest absolute Gasteiger partial charge is 0.394 e. The second-order valence-electron chi connectivity index (χ2n) is 5.01. The Morgan fingerprint density at radius 3 is 0.818 bits per heavy atom. The van der Waals surface area contributed by atoms with Gasteiger partial charge >= 0.3 is 41.6 Å². The van der Waals surface area contributed by atoms with Gasteiger partial charge in [0.25, 0.3) is 0 Å². The molecule has 0 radical (unpaired) electrons. The molecule has 21 heteroatoms. The zero-order valence-electron chi connectivity index (χ0n) is 15.6. The summed E-state index contributed by atoms with van der Waals surface area (Å²) in [6.45, 7) is 0. The second-order valence-corrected chi connectivity index (χ2v) is 8.59. The molecule has 1 aromatic heterocycles. The van der Waals surface area contributed by atoms with Crippen LogP contribution in [-0.4, -0.2) is 75.1 Å². The number of hydrogen-bond donors (Lipinski definition) is 9. The maximum absolute atomic E-state index is 8.74. The van der Waals surface area contributed by atoms with Gasteiger partial charge in [0, 0.05) is 21.8 Å². The van der Waals surface area contributed by atoms with Crippen molar-refractivity contribution in [1.29, 1.82) is 0 Å². The van der Waals surface area contributed by atoms with Crippen LogP contribution < -0.4 is 0 Å². The van der Waals surface area contributed by atoms with Gasteiger partial charge < -0.3 is 4.98 Å². The van der Waals surface area contributed by atoms with Gasteiger partial charge in [-0.15, -0.1) is 0 Å². The molecule has 0 bridgehead atoms. The third-order valence-electron chi connectivity index (χ3n) is 2.41. The summed E-state index contributed by atoms with van der Waals surface area (Å²) in [7, 11) is -18.7. The zero-order valence-corrected chi connectivity index (χ0v) is 18.9. The van der Waals surface area contributed by atoms with Gasteiger partial charge in [-0.3, -0.25) is 36.4 Å². The van der Waals surface area contributed by atoms with E-state index >= 15 is 0 Å². The van der Waals surface area contributed by atoms with Crippen LogP contribution in [0.4, 0.5) is 0 Å². The van der Waals surface area contributed by atoms with E-state index in [4.69, 9.17) is 70.1 Å². The van der Waals surface area contributed by atoms with Crippen LogP contribution in [0.25, 0.3) is 21.8 Å². The first-order valence-electron chi connectivity index (χ1n) is 7.20. The fraction of sp³-hybridized carbons (Fsp3) is 0. The molecule has 190 valence electrons. The molecule has 33 heavy (non-hydrogen) atoms. The van der Waals surface area contributed by atoms with Gasteiger partial charge in [-0.05, 0) is 12.1 Å². The number of nitrogens with one attached hydrogen (secondary N) is 1. The van der Waals surface area contributed by atoms with Crippen LogP contribution in [0.1, 0.15) is 0 Å². The second kappa shape index (κ2) is 13.4.